The molecule has 0 aliphatic heterocycles. The molecule has 2 aromatic heterocycles. The molecule has 28 heavy (non-hydrogen) atoms. The highest BCUT2D eigenvalue weighted by molar-refractivity contribution is 7.18. The van der Waals surface area contributed by atoms with Gasteiger partial charge in [-0.1, -0.05) is 6.07 Å². The Balaban J connectivity index is 2.16. The number of rotatable bonds is 8. The summed E-state index contributed by atoms with van der Waals surface area (Å²) in [5.74, 6) is -2.53. The summed E-state index contributed by atoms with van der Waals surface area (Å²) in [6.45, 7) is 4.65. The van der Waals surface area contributed by atoms with E-state index in [4.69, 9.17) is 14.2 Å². The molecule has 0 saturated heterocycles. The van der Waals surface area contributed by atoms with Crippen LogP contribution in [0.5, 0.6) is 0 Å². The number of ether oxygens (including phenoxy) is 3. The van der Waals surface area contributed by atoms with Crippen molar-refractivity contribution < 1.29 is 33.4 Å². The quantitative estimate of drug-likeness (QED) is 0.511. The van der Waals surface area contributed by atoms with Gasteiger partial charge in [0.2, 0.25) is 0 Å². The molecule has 150 valence electrons. The first kappa shape index (κ1) is 21.6. The molecule has 1 N–H and O–H groups in total. The second-order valence-corrected chi connectivity index (χ2v) is 7.27. The fourth-order valence-electron chi connectivity index (χ4n) is 2.20. The summed E-state index contributed by atoms with van der Waals surface area (Å²) in [6.07, 6.45) is 0. The van der Waals surface area contributed by atoms with Crippen LogP contribution in [0.15, 0.2) is 17.5 Å². The van der Waals surface area contributed by atoms with Crippen LogP contribution in [0.4, 0.5) is 5.00 Å². The number of thiophene rings is 2. The SMILES string of the molecule is CCOC(=O)c1sc(NC(=O)COC(=O)c2cccs2)c(C(=O)OCC)c1C. The van der Waals surface area contributed by atoms with E-state index in [2.05, 4.69) is 5.32 Å². The molecule has 0 bridgehead atoms. The van der Waals surface area contributed by atoms with Gasteiger partial charge in [-0.15, -0.1) is 22.7 Å². The number of carbonyl (C=O) groups excluding carboxylic acids is 4. The molecule has 0 spiro atoms. The summed E-state index contributed by atoms with van der Waals surface area (Å²) in [4.78, 5) is 48.9. The molecular formula is C18H19NO7S2. The van der Waals surface area contributed by atoms with E-state index < -0.39 is 30.4 Å². The predicted octanol–water partition coefficient (Wildman–Crippen LogP) is 3.27. The van der Waals surface area contributed by atoms with Gasteiger partial charge in [-0.25, -0.2) is 14.4 Å². The first-order valence-electron chi connectivity index (χ1n) is 8.37. The number of anilines is 1. The highest BCUT2D eigenvalue weighted by Crippen LogP contribution is 2.34. The van der Waals surface area contributed by atoms with Crippen molar-refractivity contribution in [3.63, 3.8) is 0 Å². The summed E-state index contributed by atoms with van der Waals surface area (Å²) >= 11 is 2.10. The largest absolute Gasteiger partial charge is 0.462 e. The topological polar surface area (TPSA) is 108 Å². The van der Waals surface area contributed by atoms with Crippen molar-refractivity contribution in [2.45, 2.75) is 20.8 Å². The van der Waals surface area contributed by atoms with Gasteiger partial charge in [0.1, 0.15) is 14.8 Å². The van der Waals surface area contributed by atoms with Crippen LogP contribution in [0, 0.1) is 6.92 Å². The van der Waals surface area contributed by atoms with Gasteiger partial charge in [0, 0.05) is 0 Å². The lowest BCUT2D eigenvalue weighted by Crippen LogP contribution is -2.21. The summed E-state index contributed by atoms with van der Waals surface area (Å²) in [7, 11) is 0. The van der Waals surface area contributed by atoms with Crippen molar-refractivity contribution in [3.05, 3.63) is 38.4 Å². The highest BCUT2D eigenvalue weighted by Gasteiger charge is 2.27. The Morgan fingerprint density at radius 2 is 1.68 bits per heavy atom. The minimum absolute atomic E-state index is 0.0767. The molecule has 2 aromatic rings. The molecule has 2 rings (SSSR count). The van der Waals surface area contributed by atoms with E-state index >= 15 is 0 Å². The standard InChI is InChI=1S/C18H19NO7S2/c1-4-24-17(22)13-10(3)14(18(23)25-5-2)28-15(13)19-12(20)9-26-16(21)11-7-6-8-27-11/h6-8H,4-5,9H2,1-3H3,(H,19,20). The molecule has 1 amide bonds. The Labute approximate surface area is 169 Å². The fraction of sp³-hybridized carbons (Fsp3) is 0.333. The van der Waals surface area contributed by atoms with Crippen LogP contribution >= 0.6 is 22.7 Å². The van der Waals surface area contributed by atoms with E-state index in [-0.39, 0.29) is 28.7 Å². The van der Waals surface area contributed by atoms with Gasteiger partial charge in [-0.3, -0.25) is 4.79 Å². The predicted molar refractivity (Wildman–Crippen MR) is 104 cm³/mol. The first-order valence-corrected chi connectivity index (χ1v) is 10.1. The van der Waals surface area contributed by atoms with Crippen LogP contribution in [0.25, 0.3) is 0 Å². The molecule has 0 unspecified atom stereocenters. The minimum atomic E-state index is -0.669. The van der Waals surface area contributed by atoms with E-state index in [1.54, 1.807) is 38.3 Å². The van der Waals surface area contributed by atoms with Gasteiger partial charge in [-0.2, -0.15) is 0 Å². The molecule has 0 saturated carbocycles. The van der Waals surface area contributed by atoms with Crippen molar-refractivity contribution in [1.82, 2.24) is 0 Å². The maximum Gasteiger partial charge on any atom is 0.348 e. The third-order valence-electron chi connectivity index (χ3n) is 3.40. The van der Waals surface area contributed by atoms with Crippen LogP contribution in [-0.4, -0.2) is 43.6 Å². The zero-order valence-corrected chi connectivity index (χ0v) is 17.2. The smallest absolute Gasteiger partial charge is 0.348 e. The fourth-order valence-corrected chi connectivity index (χ4v) is 3.92. The summed E-state index contributed by atoms with van der Waals surface area (Å²) < 4.78 is 14.9. The van der Waals surface area contributed by atoms with Crippen LogP contribution < -0.4 is 5.32 Å². The first-order chi connectivity index (χ1) is 13.4. The third-order valence-corrected chi connectivity index (χ3v) is 5.43. The number of carbonyl (C=O) groups is 4. The molecule has 0 aliphatic rings. The Morgan fingerprint density at radius 1 is 1.00 bits per heavy atom. The molecule has 0 radical (unpaired) electrons. The highest BCUT2D eigenvalue weighted by atomic mass is 32.1. The zero-order valence-electron chi connectivity index (χ0n) is 15.5. The van der Waals surface area contributed by atoms with Gasteiger partial charge >= 0.3 is 17.9 Å². The van der Waals surface area contributed by atoms with Gasteiger partial charge in [0.25, 0.3) is 5.91 Å². The molecule has 0 aromatic carbocycles. The molecule has 2 heterocycles. The molecule has 0 fully saturated rings. The van der Waals surface area contributed by atoms with Crippen LogP contribution in [-0.2, 0) is 19.0 Å². The van der Waals surface area contributed by atoms with Crippen molar-refractivity contribution in [1.29, 1.82) is 0 Å². The normalized spacial score (nSPS) is 10.2. The number of esters is 3. The van der Waals surface area contributed by atoms with E-state index in [9.17, 15) is 19.2 Å². The van der Waals surface area contributed by atoms with Crippen LogP contribution in [0.1, 0.15) is 49.1 Å². The molecule has 0 aliphatic carbocycles. The minimum Gasteiger partial charge on any atom is -0.462 e. The van der Waals surface area contributed by atoms with Crippen molar-refractivity contribution in [2.24, 2.45) is 0 Å². The van der Waals surface area contributed by atoms with E-state index in [1.165, 1.54) is 11.3 Å². The van der Waals surface area contributed by atoms with Gasteiger partial charge in [0.15, 0.2) is 6.61 Å². The maximum absolute atomic E-state index is 12.3. The molecular weight excluding hydrogens is 406 g/mol. The number of hydrogen-bond acceptors (Lipinski definition) is 9. The van der Waals surface area contributed by atoms with Crippen molar-refractivity contribution in [3.8, 4) is 0 Å². The molecule has 0 atom stereocenters. The number of hydrogen-bond donors (Lipinski definition) is 1. The van der Waals surface area contributed by atoms with Crippen molar-refractivity contribution in [2.75, 3.05) is 25.1 Å². The van der Waals surface area contributed by atoms with Gasteiger partial charge < -0.3 is 19.5 Å². The third kappa shape index (κ3) is 5.17. The monoisotopic (exact) mass is 425 g/mol. The molecule has 8 nitrogen and oxygen atoms in total. The lowest BCUT2D eigenvalue weighted by atomic mass is 10.1. The lowest BCUT2D eigenvalue weighted by Gasteiger charge is -2.07. The Morgan fingerprint density at radius 3 is 2.29 bits per heavy atom. The van der Waals surface area contributed by atoms with E-state index in [0.29, 0.717) is 10.4 Å². The van der Waals surface area contributed by atoms with E-state index in [0.717, 1.165) is 11.3 Å². The summed E-state index contributed by atoms with van der Waals surface area (Å²) in [6, 6.07) is 3.27. The van der Waals surface area contributed by atoms with Gasteiger partial charge in [-0.05, 0) is 37.8 Å². The second kappa shape index (κ2) is 10.00. The maximum atomic E-state index is 12.3. The lowest BCUT2D eigenvalue weighted by molar-refractivity contribution is -0.119. The zero-order chi connectivity index (χ0) is 20.7. The number of nitrogens with one attached hydrogen (secondary N) is 1. The Bertz CT molecular complexity index is 871. The van der Waals surface area contributed by atoms with Gasteiger partial charge in [0.05, 0.1) is 18.8 Å². The average Bonchev–Trinajstić information content (AvgIpc) is 3.28. The van der Waals surface area contributed by atoms with Crippen molar-refractivity contribution >= 4 is 51.5 Å². The Kier molecular flexibility index (Phi) is 7.70. The van der Waals surface area contributed by atoms with Crippen LogP contribution in [0.2, 0.25) is 0 Å². The summed E-state index contributed by atoms with van der Waals surface area (Å²) in [5, 5.41) is 4.36. The second-order valence-electron chi connectivity index (χ2n) is 5.30. The Hall–Kier alpha value is -2.72. The van der Waals surface area contributed by atoms with Crippen LogP contribution in [0.3, 0.4) is 0 Å². The number of amides is 1. The summed E-state index contributed by atoms with van der Waals surface area (Å²) in [5.41, 5.74) is 0.431. The molecule has 10 heteroatoms. The average molecular weight is 425 g/mol. The van der Waals surface area contributed by atoms with E-state index in [1.807, 2.05) is 0 Å².